The van der Waals surface area contributed by atoms with Crippen LogP contribution in [0.2, 0.25) is 0 Å². The van der Waals surface area contributed by atoms with E-state index in [1.165, 1.54) is 16.8 Å². The number of nitrogens with zero attached hydrogens (tertiary/aromatic N) is 1. The zero-order valence-electron chi connectivity index (χ0n) is 11.5. The van der Waals surface area contributed by atoms with Crippen LogP contribution in [0.3, 0.4) is 0 Å². The van der Waals surface area contributed by atoms with Gasteiger partial charge in [0.15, 0.2) is 0 Å². The quantitative estimate of drug-likeness (QED) is 0.846. The lowest BCUT2D eigenvalue weighted by Crippen LogP contribution is -2.19. The largest absolute Gasteiger partial charge is 0.351 e. The maximum Gasteiger partial charge on any atom is 0.0364 e. The van der Waals surface area contributed by atoms with E-state index >= 15 is 0 Å². The zero-order chi connectivity index (χ0) is 13.0. The predicted molar refractivity (Wildman–Crippen MR) is 76.5 cm³/mol. The molecule has 0 spiro atoms. The molecule has 0 aliphatic heterocycles. The third-order valence-corrected chi connectivity index (χ3v) is 3.43. The minimum Gasteiger partial charge on any atom is -0.351 e. The van der Waals surface area contributed by atoms with Crippen LogP contribution in [-0.4, -0.2) is 4.57 Å². The van der Waals surface area contributed by atoms with Gasteiger partial charge in [0.25, 0.3) is 0 Å². The van der Waals surface area contributed by atoms with Crippen molar-refractivity contribution in [3.05, 3.63) is 59.4 Å². The molecule has 1 heterocycles. The number of aryl methyl sites for hydroxylation is 2. The molecule has 0 amide bonds. The van der Waals surface area contributed by atoms with E-state index in [-0.39, 0.29) is 0 Å². The second-order valence-electron chi connectivity index (χ2n) is 4.80. The number of hydrogen-bond donors (Lipinski definition) is 1. The fourth-order valence-electron chi connectivity index (χ4n) is 2.15. The molecule has 2 heteroatoms. The van der Waals surface area contributed by atoms with E-state index < -0.39 is 0 Å². The first-order valence-corrected chi connectivity index (χ1v) is 6.64. The van der Waals surface area contributed by atoms with Crippen LogP contribution in [-0.2, 0) is 13.1 Å². The molecule has 0 aliphatic rings. The molecule has 1 N–H and O–H groups in total. The highest BCUT2D eigenvalue weighted by atomic mass is 15.0. The number of nitrogens with one attached hydrogen (secondary N) is 1. The molecule has 18 heavy (non-hydrogen) atoms. The smallest absolute Gasteiger partial charge is 0.0364 e. The lowest BCUT2D eigenvalue weighted by molar-refractivity contribution is 0.549. The highest BCUT2D eigenvalue weighted by Crippen LogP contribution is 2.14. The molecular formula is C16H22N2. The molecule has 2 rings (SSSR count). The monoisotopic (exact) mass is 242 g/mol. The third kappa shape index (κ3) is 3.02. The number of aromatic nitrogens is 1. The molecule has 1 aromatic heterocycles. The van der Waals surface area contributed by atoms with Crippen molar-refractivity contribution in [3.8, 4) is 0 Å². The Morgan fingerprint density at radius 1 is 1.17 bits per heavy atom. The summed E-state index contributed by atoms with van der Waals surface area (Å²) < 4.78 is 2.27. The van der Waals surface area contributed by atoms with Gasteiger partial charge in [-0.3, -0.25) is 0 Å². The van der Waals surface area contributed by atoms with Crippen LogP contribution in [0, 0.1) is 6.92 Å². The van der Waals surface area contributed by atoms with E-state index in [2.05, 4.69) is 73.3 Å². The summed E-state index contributed by atoms with van der Waals surface area (Å²) >= 11 is 0. The van der Waals surface area contributed by atoms with Crippen LogP contribution < -0.4 is 5.32 Å². The topological polar surface area (TPSA) is 17.0 Å². The van der Waals surface area contributed by atoms with Gasteiger partial charge in [0.05, 0.1) is 0 Å². The van der Waals surface area contributed by atoms with Gasteiger partial charge in [-0.05, 0) is 38.5 Å². The Morgan fingerprint density at radius 3 is 2.56 bits per heavy atom. The van der Waals surface area contributed by atoms with Crippen LogP contribution in [0.4, 0.5) is 0 Å². The second-order valence-corrected chi connectivity index (χ2v) is 4.80. The molecule has 0 fully saturated rings. The Balaban J connectivity index is 1.96. The van der Waals surface area contributed by atoms with Gasteiger partial charge in [-0.25, -0.2) is 0 Å². The Kier molecular flexibility index (Phi) is 4.21. The Labute approximate surface area is 110 Å². The van der Waals surface area contributed by atoms with Gasteiger partial charge in [-0.2, -0.15) is 0 Å². The molecule has 2 nitrogen and oxygen atoms in total. The van der Waals surface area contributed by atoms with Crippen LogP contribution in [0.1, 0.15) is 36.7 Å². The first-order chi connectivity index (χ1) is 8.70. The second kappa shape index (κ2) is 5.87. The molecule has 1 aromatic carbocycles. The first-order valence-electron chi connectivity index (χ1n) is 6.64. The van der Waals surface area contributed by atoms with E-state index in [9.17, 15) is 0 Å². The van der Waals surface area contributed by atoms with E-state index in [0.29, 0.717) is 6.04 Å². The summed E-state index contributed by atoms with van der Waals surface area (Å²) in [4.78, 5) is 0. The van der Waals surface area contributed by atoms with Gasteiger partial charge in [0.2, 0.25) is 0 Å². The summed E-state index contributed by atoms with van der Waals surface area (Å²) in [7, 11) is 0. The van der Waals surface area contributed by atoms with Crippen molar-refractivity contribution in [2.24, 2.45) is 0 Å². The minimum absolute atomic E-state index is 0.380. The van der Waals surface area contributed by atoms with Crippen molar-refractivity contribution in [3.63, 3.8) is 0 Å². The summed E-state index contributed by atoms with van der Waals surface area (Å²) in [6.45, 7) is 8.45. The van der Waals surface area contributed by atoms with Crippen molar-refractivity contribution in [2.45, 2.75) is 39.9 Å². The van der Waals surface area contributed by atoms with Crippen LogP contribution in [0.5, 0.6) is 0 Å². The van der Waals surface area contributed by atoms with Crippen molar-refractivity contribution >= 4 is 0 Å². The Hall–Kier alpha value is -1.54. The SMILES string of the molecule is CCn1cccc1CNC(C)c1ccc(C)cc1. The fraction of sp³-hybridized carbons (Fsp3) is 0.375. The van der Waals surface area contributed by atoms with Crippen LogP contribution in [0.15, 0.2) is 42.6 Å². The van der Waals surface area contributed by atoms with Gasteiger partial charge in [-0.1, -0.05) is 29.8 Å². The number of benzene rings is 1. The van der Waals surface area contributed by atoms with E-state index in [1.54, 1.807) is 0 Å². The molecule has 1 unspecified atom stereocenters. The first kappa shape index (κ1) is 12.9. The van der Waals surface area contributed by atoms with Gasteiger partial charge >= 0.3 is 0 Å². The summed E-state index contributed by atoms with van der Waals surface area (Å²) in [5, 5.41) is 3.57. The zero-order valence-corrected chi connectivity index (χ0v) is 11.5. The summed E-state index contributed by atoms with van der Waals surface area (Å²) in [5.74, 6) is 0. The van der Waals surface area contributed by atoms with E-state index in [4.69, 9.17) is 0 Å². The molecular weight excluding hydrogens is 220 g/mol. The summed E-state index contributed by atoms with van der Waals surface area (Å²) in [5.41, 5.74) is 4.00. The maximum atomic E-state index is 3.57. The molecule has 2 aromatic rings. The van der Waals surface area contributed by atoms with Crippen molar-refractivity contribution < 1.29 is 0 Å². The lowest BCUT2D eigenvalue weighted by atomic mass is 10.1. The third-order valence-electron chi connectivity index (χ3n) is 3.43. The Bertz CT molecular complexity index is 482. The maximum absolute atomic E-state index is 3.57. The van der Waals surface area contributed by atoms with Gasteiger partial charge in [0, 0.05) is 31.0 Å². The fourth-order valence-corrected chi connectivity index (χ4v) is 2.15. The molecule has 0 saturated heterocycles. The lowest BCUT2D eigenvalue weighted by Gasteiger charge is -2.15. The molecule has 1 atom stereocenters. The summed E-state index contributed by atoms with van der Waals surface area (Å²) in [6, 6.07) is 13.4. The van der Waals surface area contributed by atoms with Gasteiger partial charge in [-0.15, -0.1) is 0 Å². The van der Waals surface area contributed by atoms with Gasteiger partial charge < -0.3 is 9.88 Å². The highest BCUT2D eigenvalue weighted by molar-refractivity contribution is 5.23. The van der Waals surface area contributed by atoms with Gasteiger partial charge in [0.1, 0.15) is 0 Å². The molecule has 0 radical (unpaired) electrons. The van der Waals surface area contributed by atoms with Crippen LogP contribution >= 0.6 is 0 Å². The molecule has 0 aliphatic carbocycles. The van der Waals surface area contributed by atoms with Crippen molar-refractivity contribution in [1.29, 1.82) is 0 Å². The molecule has 0 saturated carbocycles. The average molecular weight is 242 g/mol. The highest BCUT2D eigenvalue weighted by Gasteiger charge is 2.05. The average Bonchev–Trinajstić information content (AvgIpc) is 2.84. The molecule has 96 valence electrons. The standard InChI is InChI=1S/C16H22N2/c1-4-18-11-5-6-16(18)12-17-14(3)15-9-7-13(2)8-10-15/h5-11,14,17H,4,12H2,1-3H3. The number of hydrogen-bond acceptors (Lipinski definition) is 1. The van der Waals surface area contributed by atoms with E-state index in [0.717, 1.165) is 13.1 Å². The summed E-state index contributed by atoms with van der Waals surface area (Å²) in [6.07, 6.45) is 2.13. The predicted octanol–water partition coefficient (Wildman–Crippen LogP) is 3.67. The van der Waals surface area contributed by atoms with Crippen LogP contribution in [0.25, 0.3) is 0 Å². The van der Waals surface area contributed by atoms with E-state index in [1.807, 2.05) is 0 Å². The Morgan fingerprint density at radius 2 is 1.89 bits per heavy atom. The minimum atomic E-state index is 0.380. The van der Waals surface area contributed by atoms with Crippen molar-refractivity contribution in [1.82, 2.24) is 9.88 Å². The van der Waals surface area contributed by atoms with Crippen molar-refractivity contribution in [2.75, 3.05) is 0 Å². The normalized spacial score (nSPS) is 12.6. The number of rotatable bonds is 5. The molecule has 0 bridgehead atoms.